The van der Waals surface area contributed by atoms with Crippen molar-refractivity contribution in [3.63, 3.8) is 0 Å². The molecular formula is C26H48N2O2. The molecule has 3 rings (SSSR count). The second-order valence-electron chi connectivity index (χ2n) is 11.2. The molecule has 30 heavy (non-hydrogen) atoms. The molecule has 3 N–H and O–H groups in total. The van der Waals surface area contributed by atoms with E-state index < -0.39 is 0 Å². The summed E-state index contributed by atoms with van der Waals surface area (Å²) in [7, 11) is 2.23. The van der Waals surface area contributed by atoms with Crippen LogP contribution in [0.1, 0.15) is 78.1 Å². The first-order valence-electron chi connectivity index (χ1n) is 12.7. The third kappa shape index (κ3) is 5.88. The van der Waals surface area contributed by atoms with Crippen LogP contribution >= 0.6 is 0 Å². The highest BCUT2D eigenvalue weighted by Crippen LogP contribution is 2.53. The summed E-state index contributed by atoms with van der Waals surface area (Å²) in [4.78, 5) is 2.44. The van der Waals surface area contributed by atoms with E-state index in [1.807, 2.05) is 0 Å². The van der Waals surface area contributed by atoms with Crippen LogP contribution in [0.15, 0.2) is 12.2 Å². The fourth-order valence-electron chi connectivity index (χ4n) is 6.80. The van der Waals surface area contributed by atoms with E-state index in [-0.39, 0.29) is 24.0 Å². The maximum Gasteiger partial charge on any atom is 0.0544 e. The quantitative estimate of drug-likeness (QED) is 0.583. The predicted molar refractivity (Wildman–Crippen MR) is 125 cm³/mol. The molecule has 0 radical (unpaired) electrons. The summed E-state index contributed by atoms with van der Waals surface area (Å²) < 4.78 is 0. The first-order valence-corrected chi connectivity index (χ1v) is 12.7. The van der Waals surface area contributed by atoms with E-state index >= 15 is 0 Å². The van der Waals surface area contributed by atoms with Crippen molar-refractivity contribution < 1.29 is 10.2 Å². The highest BCUT2D eigenvalue weighted by atomic mass is 16.3. The molecule has 0 aromatic rings. The Hall–Kier alpha value is -0.420. The molecule has 1 aliphatic heterocycles. The van der Waals surface area contributed by atoms with Crippen LogP contribution in [-0.4, -0.2) is 60.5 Å². The Kier molecular flexibility index (Phi) is 8.83. The summed E-state index contributed by atoms with van der Waals surface area (Å²) in [5, 5.41) is 24.5. The van der Waals surface area contributed by atoms with E-state index in [1.165, 1.54) is 50.8 Å². The number of rotatable bonds is 5. The number of hydrogen-bond acceptors (Lipinski definition) is 4. The van der Waals surface area contributed by atoms with E-state index in [0.29, 0.717) is 23.8 Å². The molecule has 4 nitrogen and oxygen atoms in total. The van der Waals surface area contributed by atoms with Gasteiger partial charge in [0, 0.05) is 12.6 Å². The molecule has 0 aromatic carbocycles. The minimum absolute atomic E-state index is 0.118. The Bertz CT molecular complexity index is 545. The molecule has 0 spiro atoms. The summed E-state index contributed by atoms with van der Waals surface area (Å²) in [6, 6.07) is 0.645. The van der Waals surface area contributed by atoms with Crippen LogP contribution in [0.4, 0.5) is 0 Å². The van der Waals surface area contributed by atoms with Crippen LogP contribution in [0.25, 0.3) is 0 Å². The van der Waals surface area contributed by atoms with Gasteiger partial charge >= 0.3 is 0 Å². The molecule has 0 aromatic heterocycles. The minimum Gasteiger partial charge on any atom is -0.396 e. The summed E-state index contributed by atoms with van der Waals surface area (Å²) in [6.45, 7) is 12.9. The van der Waals surface area contributed by atoms with Gasteiger partial charge in [0.05, 0.1) is 6.10 Å². The molecule has 3 aliphatic rings. The van der Waals surface area contributed by atoms with Crippen LogP contribution in [0.5, 0.6) is 0 Å². The van der Waals surface area contributed by atoms with Gasteiger partial charge in [-0.2, -0.15) is 0 Å². The SMILES string of the molecule is C=C1CCC[C@H]([C@@]2(C)CC[C@H](O)C[C@@H]2CO)[C@@H](CNC2CCN(C)CC2)[C@@H](C)CC1. The van der Waals surface area contributed by atoms with Gasteiger partial charge in [0.1, 0.15) is 0 Å². The average Bonchev–Trinajstić information content (AvgIpc) is 2.80. The van der Waals surface area contributed by atoms with Crippen molar-refractivity contribution in [2.24, 2.45) is 29.1 Å². The Morgan fingerprint density at radius 1 is 1.13 bits per heavy atom. The minimum atomic E-state index is -0.237. The average molecular weight is 421 g/mol. The zero-order chi connectivity index (χ0) is 21.7. The predicted octanol–water partition coefficient (Wildman–Crippen LogP) is 4.22. The van der Waals surface area contributed by atoms with Gasteiger partial charge in [0.15, 0.2) is 0 Å². The number of piperidine rings is 1. The van der Waals surface area contributed by atoms with Crippen LogP contribution in [0.3, 0.4) is 0 Å². The molecular weight excluding hydrogens is 372 g/mol. The van der Waals surface area contributed by atoms with E-state index in [0.717, 1.165) is 38.6 Å². The van der Waals surface area contributed by atoms with Gasteiger partial charge in [-0.25, -0.2) is 0 Å². The van der Waals surface area contributed by atoms with Crippen LogP contribution in [0, 0.1) is 29.1 Å². The molecule has 174 valence electrons. The highest BCUT2D eigenvalue weighted by Gasteiger charge is 2.48. The first kappa shape index (κ1) is 24.2. The lowest BCUT2D eigenvalue weighted by atomic mass is 9.55. The number of nitrogens with one attached hydrogen (secondary N) is 1. The van der Waals surface area contributed by atoms with Crippen molar-refractivity contribution >= 4 is 0 Å². The summed E-state index contributed by atoms with van der Waals surface area (Å²) >= 11 is 0. The summed E-state index contributed by atoms with van der Waals surface area (Å²) in [5.41, 5.74) is 1.54. The second kappa shape index (κ2) is 10.9. The largest absolute Gasteiger partial charge is 0.396 e. The van der Waals surface area contributed by atoms with E-state index in [4.69, 9.17) is 0 Å². The van der Waals surface area contributed by atoms with E-state index in [9.17, 15) is 10.2 Å². The van der Waals surface area contributed by atoms with Crippen LogP contribution in [0.2, 0.25) is 0 Å². The van der Waals surface area contributed by atoms with Crippen molar-refractivity contribution in [3.8, 4) is 0 Å². The molecule has 0 bridgehead atoms. The fraction of sp³-hybridized carbons (Fsp3) is 0.923. The lowest BCUT2D eigenvalue weighted by Crippen LogP contribution is -2.50. The Labute approximate surface area is 185 Å². The monoisotopic (exact) mass is 420 g/mol. The van der Waals surface area contributed by atoms with Gasteiger partial charge in [-0.3, -0.25) is 0 Å². The van der Waals surface area contributed by atoms with Crippen molar-refractivity contribution in [2.45, 2.75) is 90.2 Å². The molecule has 4 heteroatoms. The second-order valence-corrected chi connectivity index (χ2v) is 11.2. The number of aliphatic hydroxyl groups excluding tert-OH is 2. The highest BCUT2D eigenvalue weighted by molar-refractivity contribution is 5.01. The van der Waals surface area contributed by atoms with Crippen molar-refractivity contribution in [1.29, 1.82) is 0 Å². The van der Waals surface area contributed by atoms with Crippen LogP contribution in [-0.2, 0) is 0 Å². The van der Waals surface area contributed by atoms with Crippen LogP contribution < -0.4 is 5.32 Å². The van der Waals surface area contributed by atoms with Crippen molar-refractivity contribution in [1.82, 2.24) is 10.2 Å². The summed E-state index contributed by atoms with van der Waals surface area (Å²) in [5.74, 6) is 2.10. The van der Waals surface area contributed by atoms with Gasteiger partial charge in [0.25, 0.3) is 0 Å². The van der Waals surface area contributed by atoms with Gasteiger partial charge in [-0.05, 0) is 120 Å². The Balaban J connectivity index is 1.79. The molecule has 6 atom stereocenters. The smallest absolute Gasteiger partial charge is 0.0544 e. The molecule has 2 saturated carbocycles. The standard InChI is InChI=1S/C26H48N2O2/c1-19-6-5-7-25(26(3)13-10-23(30)16-21(26)18-29)24(20(2)9-8-19)17-27-22-11-14-28(4)15-12-22/h20-25,27,29-30H,1,5-18H2,2-4H3/t20-,21+,23-,24-,25-,26-/m0/s1. The number of likely N-dealkylation sites (tertiary alicyclic amines) is 1. The third-order valence-electron chi connectivity index (χ3n) is 9.18. The molecule has 3 fully saturated rings. The Morgan fingerprint density at radius 2 is 1.87 bits per heavy atom. The zero-order valence-electron chi connectivity index (χ0n) is 19.9. The maximum atomic E-state index is 10.3. The maximum absolute atomic E-state index is 10.3. The fourth-order valence-corrected chi connectivity index (χ4v) is 6.80. The summed E-state index contributed by atoms with van der Waals surface area (Å²) in [6.07, 6.45) is 11.0. The number of hydrogen-bond donors (Lipinski definition) is 3. The van der Waals surface area contributed by atoms with Gasteiger partial charge in [-0.15, -0.1) is 0 Å². The van der Waals surface area contributed by atoms with Gasteiger partial charge < -0.3 is 20.4 Å². The lowest BCUT2D eigenvalue weighted by Gasteiger charge is -2.52. The molecule has 1 saturated heterocycles. The Morgan fingerprint density at radius 3 is 2.57 bits per heavy atom. The first-order chi connectivity index (χ1) is 14.3. The molecule has 1 heterocycles. The zero-order valence-corrected chi connectivity index (χ0v) is 19.9. The molecule has 0 unspecified atom stereocenters. The third-order valence-corrected chi connectivity index (χ3v) is 9.18. The van der Waals surface area contributed by atoms with Gasteiger partial charge in [-0.1, -0.05) is 26.0 Å². The number of allylic oxidation sites excluding steroid dienone is 1. The van der Waals surface area contributed by atoms with Crippen molar-refractivity contribution in [3.05, 3.63) is 12.2 Å². The van der Waals surface area contributed by atoms with Crippen molar-refractivity contribution in [2.75, 3.05) is 33.3 Å². The normalized spacial score (nSPS) is 40.6. The van der Waals surface area contributed by atoms with Gasteiger partial charge in [0.2, 0.25) is 0 Å². The number of aliphatic hydroxyl groups is 2. The number of nitrogens with zero attached hydrogens (tertiary/aromatic N) is 1. The van der Waals surface area contributed by atoms with E-state index in [2.05, 4.69) is 37.7 Å². The van der Waals surface area contributed by atoms with E-state index in [1.54, 1.807) is 0 Å². The topological polar surface area (TPSA) is 55.7 Å². The molecule has 0 amide bonds. The lowest BCUT2D eigenvalue weighted by molar-refractivity contribution is -0.0682. The molecule has 2 aliphatic carbocycles.